The van der Waals surface area contributed by atoms with Crippen LogP contribution in [0, 0.1) is 13.8 Å². The minimum absolute atomic E-state index is 0.279. The van der Waals surface area contributed by atoms with Crippen LogP contribution in [0.5, 0.6) is 0 Å². The van der Waals surface area contributed by atoms with E-state index in [0.717, 1.165) is 48.9 Å². The quantitative estimate of drug-likeness (QED) is 0.642. The molecule has 0 unspecified atom stereocenters. The first-order valence-electron chi connectivity index (χ1n) is 10.0. The number of carboxylic acids is 1. The van der Waals surface area contributed by atoms with E-state index >= 15 is 0 Å². The molecule has 154 valence electrons. The second-order valence-corrected chi connectivity index (χ2v) is 7.36. The lowest BCUT2D eigenvalue weighted by Gasteiger charge is -2.28. The van der Waals surface area contributed by atoms with Gasteiger partial charge in [-0.1, -0.05) is 12.1 Å². The van der Waals surface area contributed by atoms with Crippen molar-refractivity contribution in [3.05, 3.63) is 77.1 Å². The zero-order chi connectivity index (χ0) is 21.1. The van der Waals surface area contributed by atoms with Gasteiger partial charge in [0, 0.05) is 41.9 Å². The van der Waals surface area contributed by atoms with Crippen LogP contribution in [0.15, 0.2) is 59.6 Å². The largest absolute Gasteiger partial charge is 0.478 e. The summed E-state index contributed by atoms with van der Waals surface area (Å²) < 4.78 is 7.37. The number of hydrogen-bond acceptors (Lipinski definition) is 4. The lowest BCUT2D eigenvalue weighted by molar-refractivity contribution is 0.0697. The van der Waals surface area contributed by atoms with Crippen LogP contribution >= 0.6 is 0 Å². The summed E-state index contributed by atoms with van der Waals surface area (Å²) in [6.45, 7) is 7.30. The minimum atomic E-state index is -0.936. The molecule has 1 N–H and O–H groups in total. The molecule has 30 heavy (non-hydrogen) atoms. The topological polar surface area (TPSA) is 67.1 Å². The van der Waals surface area contributed by atoms with E-state index in [9.17, 15) is 9.90 Å². The van der Waals surface area contributed by atoms with Crippen molar-refractivity contribution >= 4 is 23.6 Å². The summed E-state index contributed by atoms with van der Waals surface area (Å²) in [5, 5.41) is 9.53. The highest BCUT2D eigenvalue weighted by Gasteiger charge is 2.16. The fourth-order valence-corrected chi connectivity index (χ4v) is 3.85. The van der Waals surface area contributed by atoms with Gasteiger partial charge in [0.05, 0.1) is 30.2 Å². The van der Waals surface area contributed by atoms with Crippen LogP contribution in [0.3, 0.4) is 0 Å². The Morgan fingerprint density at radius 3 is 2.47 bits per heavy atom. The van der Waals surface area contributed by atoms with Gasteiger partial charge in [-0.25, -0.2) is 4.79 Å². The maximum Gasteiger partial charge on any atom is 0.337 e. The third kappa shape index (κ3) is 4.00. The summed E-state index contributed by atoms with van der Waals surface area (Å²) >= 11 is 0. The van der Waals surface area contributed by atoms with E-state index in [1.165, 1.54) is 5.69 Å². The lowest BCUT2D eigenvalue weighted by atomic mass is 10.1. The molecule has 2 heterocycles. The molecule has 6 nitrogen and oxygen atoms in total. The lowest BCUT2D eigenvalue weighted by Crippen LogP contribution is -2.36. The molecule has 1 saturated heterocycles. The average molecular weight is 403 g/mol. The van der Waals surface area contributed by atoms with E-state index in [2.05, 4.69) is 22.0 Å². The van der Waals surface area contributed by atoms with Crippen LogP contribution in [-0.2, 0) is 4.74 Å². The molecule has 0 spiro atoms. The van der Waals surface area contributed by atoms with Crippen LogP contribution in [0.2, 0.25) is 0 Å². The number of nitrogens with zero attached hydrogens (tertiary/aromatic N) is 3. The number of carboxylic acid groups (broad SMARTS) is 1. The number of ether oxygens (including phenoxy) is 1. The molecular formula is C24H25N3O3. The van der Waals surface area contributed by atoms with Gasteiger partial charge >= 0.3 is 5.97 Å². The molecule has 0 amide bonds. The van der Waals surface area contributed by atoms with Crippen molar-refractivity contribution in [2.45, 2.75) is 13.8 Å². The summed E-state index contributed by atoms with van der Waals surface area (Å²) in [5.74, 6) is -0.936. The molecule has 0 radical (unpaired) electrons. The summed E-state index contributed by atoms with van der Waals surface area (Å²) in [6.07, 6.45) is 1.84. The molecule has 3 aromatic rings. The molecule has 0 bridgehead atoms. The van der Waals surface area contributed by atoms with Crippen molar-refractivity contribution in [1.29, 1.82) is 0 Å². The molecule has 1 aliphatic heterocycles. The van der Waals surface area contributed by atoms with E-state index < -0.39 is 5.97 Å². The normalized spacial score (nSPS) is 14.4. The summed E-state index contributed by atoms with van der Waals surface area (Å²) in [7, 11) is 0. The van der Waals surface area contributed by atoms with E-state index in [-0.39, 0.29) is 5.56 Å². The fourth-order valence-electron chi connectivity index (χ4n) is 3.85. The second-order valence-electron chi connectivity index (χ2n) is 7.36. The molecule has 6 heteroatoms. The third-order valence-corrected chi connectivity index (χ3v) is 5.42. The number of benzene rings is 2. The molecular weight excluding hydrogens is 378 g/mol. The van der Waals surface area contributed by atoms with Crippen molar-refractivity contribution in [3.63, 3.8) is 0 Å². The number of rotatable bonds is 5. The van der Waals surface area contributed by atoms with Crippen molar-refractivity contribution in [3.8, 4) is 5.69 Å². The number of aromatic carboxylic acids is 1. The van der Waals surface area contributed by atoms with Gasteiger partial charge in [-0.15, -0.1) is 0 Å². The highest BCUT2D eigenvalue weighted by molar-refractivity contribution is 5.92. The first-order chi connectivity index (χ1) is 14.5. The van der Waals surface area contributed by atoms with Crippen LogP contribution in [0.4, 0.5) is 11.4 Å². The standard InChI is InChI=1S/C24H25N3O3/c1-17-15-19(18(2)27(17)23-6-4-3-5-22(23)24(28)29)16-25-20-7-9-21(10-8-20)26-11-13-30-14-12-26/h3-10,15-16H,11-14H2,1-2H3,(H,28,29). The van der Waals surface area contributed by atoms with Crippen molar-refractivity contribution in [2.75, 3.05) is 31.2 Å². The van der Waals surface area contributed by atoms with Gasteiger partial charge in [0.2, 0.25) is 0 Å². The fraction of sp³-hybridized carbons (Fsp3) is 0.250. The molecule has 2 aromatic carbocycles. The molecule has 1 aromatic heterocycles. The number of aliphatic imine (C=N–C) groups is 1. The van der Waals surface area contributed by atoms with E-state index in [4.69, 9.17) is 4.74 Å². The monoisotopic (exact) mass is 403 g/mol. The Bertz CT molecular complexity index is 1080. The number of anilines is 1. The zero-order valence-electron chi connectivity index (χ0n) is 17.2. The van der Waals surface area contributed by atoms with Crippen LogP contribution in [0.25, 0.3) is 5.69 Å². The van der Waals surface area contributed by atoms with Gasteiger partial charge < -0.3 is 19.3 Å². The Morgan fingerprint density at radius 2 is 1.77 bits per heavy atom. The van der Waals surface area contributed by atoms with Gasteiger partial charge in [0.25, 0.3) is 0 Å². The third-order valence-electron chi connectivity index (χ3n) is 5.42. The number of para-hydroxylation sites is 1. The number of morpholine rings is 1. The van der Waals surface area contributed by atoms with Gasteiger partial charge in [-0.2, -0.15) is 0 Å². The van der Waals surface area contributed by atoms with Gasteiger partial charge in [0.1, 0.15) is 0 Å². The average Bonchev–Trinajstić information content (AvgIpc) is 3.06. The smallest absolute Gasteiger partial charge is 0.337 e. The van der Waals surface area contributed by atoms with E-state index in [1.54, 1.807) is 12.1 Å². The molecule has 0 aliphatic carbocycles. The Labute approximate surface area is 176 Å². The van der Waals surface area contributed by atoms with E-state index in [0.29, 0.717) is 5.69 Å². The minimum Gasteiger partial charge on any atom is -0.478 e. The molecule has 0 saturated carbocycles. The van der Waals surface area contributed by atoms with Crippen molar-refractivity contribution in [2.24, 2.45) is 4.99 Å². The summed E-state index contributed by atoms with van der Waals surface area (Å²) in [6, 6.07) is 17.3. The Morgan fingerprint density at radius 1 is 1.07 bits per heavy atom. The molecule has 1 fully saturated rings. The highest BCUT2D eigenvalue weighted by atomic mass is 16.5. The zero-order valence-corrected chi connectivity index (χ0v) is 17.2. The first-order valence-corrected chi connectivity index (χ1v) is 10.0. The highest BCUT2D eigenvalue weighted by Crippen LogP contribution is 2.24. The predicted molar refractivity (Wildman–Crippen MR) is 119 cm³/mol. The predicted octanol–water partition coefficient (Wildman–Crippen LogP) is 4.38. The number of aryl methyl sites for hydroxylation is 1. The van der Waals surface area contributed by atoms with Gasteiger partial charge in [0.15, 0.2) is 0 Å². The number of hydrogen-bond donors (Lipinski definition) is 1. The summed E-state index contributed by atoms with van der Waals surface area (Å²) in [4.78, 5) is 18.6. The van der Waals surface area contributed by atoms with Crippen LogP contribution in [-0.4, -0.2) is 48.2 Å². The maximum absolute atomic E-state index is 11.6. The van der Waals surface area contributed by atoms with Gasteiger partial charge in [-0.3, -0.25) is 4.99 Å². The van der Waals surface area contributed by atoms with Crippen LogP contribution in [0.1, 0.15) is 27.3 Å². The van der Waals surface area contributed by atoms with Crippen molar-refractivity contribution in [1.82, 2.24) is 4.57 Å². The van der Waals surface area contributed by atoms with Crippen molar-refractivity contribution < 1.29 is 14.6 Å². The summed E-state index contributed by atoms with van der Waals surface area (Å²) in [5.41, 5.74) is 5.88. The Balaban J connectivity index is 1.58. The Kier molecular flexibility index (Phi) is 5.68. The molecule has 0 atom stereocenters. The molecule has 1 aliphatic rings. The Hall–Kier alpha value is -3.38. The van der Waals surface area contributed by atoms with E-state index in [1.807, 2.05) is 55.0 Å². The maximum atomic E-state index is 11.6. The van der Waals surface area contributed by atoms with Gasteiger partial charge in [-0.05, 0) is 56.3 Å². The SMILES string of the molecule is Cc1cc(C=Nc2ccc(N3CCOCC3)cc2)c(C)n1-c1ccccc1C(=O)O. The first kappa shape index (κ1) is 19.9. The number of carbonyl (C=O) groups is 1. The second kappa shape index (κ2) is 8.55. The van der Waals surface area contributed by atoms with Crippen LogP contribution < -0.4 is 4.90 Å². The number of aromatic nitrogens is 1. The molecule has 4 rings (SSSR count).